The van der Waals surface area contributed by atoms with Gasteiger partial charge in [0.25, 0.3) is 5.91 Å². The zero-order valence-electron chi connectivity index (χ0n) is 25.2. The van der Waals surface area contributed by atoms with Crippen molar-refractivity contribution in [3.05, 3.63) is 59.2 Å². The highest BCUT2D eigenvalue weighted by atomic mass is 16.6. The van der Waals surface area contributed by atoms with E-state index in [1.54, 1.807) is 58.9 Å². The number of phenolic OH excluding ortho intramolecular Hbond substituents is 1. The molecule has 3 amide bonds. The van der Waals surface area contributed by atoms with Gasteiger partial charge in [-0.05, 0) is 65.2 Å². The third-order valence-electron chi connectivity index (χ3n) is 6.67. The smallest absolute Gasteiger partial charge is 0.408 e. The summed E-state index contributed by atoms with van der Waals surface area (Å²) < 4.78 is 5.35. The highest BCUT2D eigenvalue weighted by molar-refractivity contribution is 5.99. The van der Waals surface area contributed by atoms with Crippen LogP contribution in [0.1, 0.15) is 95.9 Å². The van der Waals surface area contributed by atoms with E-state index in [0.29, 0.717) is 23.2 Å². The summed E-state index contributed by atoms with van der Waals surface area (Å²) in [5.41, 5.74) is 1.69. The number of anilines is 1. The van der Waals surface area contributed by atoms with Crippen LogP contribution in [0.4, 0.5) is 10.5 Å². The Hall–Kier alpha value is -3.55. The van der Waals surface area contributed by atoms with Gasteiger partial charge in [0.1, 0.15) is 23.4 Å². The number of phenols is 1. The predicted molar refractivity (Wildman–Crippen MR) is 159 cm³/mol. The van der Waals surface area contributed by atoms with Gasteiger partial charge in [0.2, 0.25) is 5.91 Å². The molecule has 40 heavy (non-hydrogen) atoms. The number of hydrogen-bond acceptors (Lipinski definition) is 5. The van der Waals surface area contributed by atoms with Crippen LogP contribution in [0.5, 0.6) is 5.75 Å². The number of nitrogens with one attached hydrogen (secondary N) is 2. The number of hydrogen-bond donors (Lipinski definition) is 3. The lowest BCUT2D eigenvalue weighted by Crippen LogP contribution is -2.51. The molecule has 0 aliphatic carbocycles. The molecule has 0 aliphatic heterocycles. The number of unbranched alkanes of at least 4 members (excludes halogenated alkanes) is 5. The minimum atomic E-state index is -1.12. The molecule has 8 heteroatoms. The van der Waals surface area contributed by atoms with Crippen LogP contribution in [-0.4, -0.2) is 46.1 Å². The van der Waals surface area contributed by atoms with Gasteiger partial charge in [-0.1, -0.05) is 75.4 Å². The van der Waals surface area contributed by atoms with Crippen molar-refractivity contribution in [3.8, 4) is 5.75 Å². The summed E-state index contributed by atoms with van der Waals surface area (Å²) in [6.07, 6.45) is 5.27. The first kappa shape index (κ1) is 32.7. The van der Waals surface area contributed by atoms with Crippen molar-refractivity contribution in [2.45, 2.75) is 105 Å². The number of benzene rings is 2. The Morgan fingerprint density at radius 3 is 2.20 bits per heavy atom. The van der Waals surface area contributed by atoms with E-state index in [4.69, 9.17) is 4.74 Å². The van der Waals surface area contributed by atoms with Gasteiger partial charge in [0, 0.05) is 17.8 Å². The molecule has 0 spiro atoms. The molecule has 3 N–H and O–H groups in total. The van der Waals surface area contributed by atoms with Crippen LogP contribution in [0.15, 0.2) is 42.5 Å². The number of ether oxygens (including phenoxy) is 1. The first-order valence-electron chi connectivity index (χ1n) is 14.3. The molecule has 2 aromatic carbocycles. The monoisotopic (exact) mass is 553 g/mol. The maximum absolute atomic E-state index is 14.0. The Kier molecular flexibility index (Phi) is 12.5. The average molecular weight is 554 g/mol. The van der Waals surface area contributed by atoms with E-state index in [0.717, 1.165) is 37.7 Å². The van der Waals surface area contributed by atoms with Crippen LogP contribution < -0.4 is 10.6 Å². The summed E-state index contributed by atoms with van der Waals surface area (Å²) >= 11 is 0. The Bertz CT molecular complexity index is 1140. The lowest BCUT2D eigenvalue weighted by Gasteiger charge is -2.34. The highest BCUT2D eigenvalue weighted by Gasteiger charge is 2.36. The summed E-state index contributed by atoms with van der Waals surface area (Å²) in [6.45, 7) is 12.9. The van der Waals surface area contributed by atoms with Crippen LogP contribution in [0.25, 0.3) is 0 Å². The number of carbonyl (C=O) groups excluding carboxylic acids is 3. The third kappa shape index (κ3) is 9.88. The molecule has 2 atom stereocenters. The molecule has 2 rings (SSSR count). The maximum atomic E-state index is 14.0. The second-order valence-corrected chi connectivity index (χ2v) is 11.4. The lowest BCUT2D eigenvalue weighted by atomic mass is 9.98. The summed E-state index contributed by atoms with van der Waals surface area (Å²) in [5, 5.41) is 16.6. The quantitative estimate of drug-likeness (QED) is 0.237. The van der Waals surface area contributed by atoms with E-state index in [-0.39, 0.29) is 12.3 Å². The lowest BCUT2D eigenvalue weighted by molar-refractivity contribution is -0.140. The van der Waals surface area contributed by atoms with Gasteiger partial charge in [-0.25, -0.2) is 4.79 Å². The van der Waals surface area contributed by atoms with E-state index in [9.17, 15) is 19.5 Å². The fourth-order valence-corrected chi connectivity index (χ4v) is 4.49. The summed E-state index contributed by atoms with van der Waals surface area (Å²) in [6, 6.07) is 10.5. The van der Waals surface area contributed by atoms with Gasteiger partial charge in [-0.15, -0.1) is 0 Å². The topological polar surface area (TPSA) is 108 Å². The average Bonchev–Trinajstić information content (AvgIpc) is 2.87. The van der Waals surface area contributed by atoms with Crippen LogP contribution in [0, 0.1) is 13.8 Å². The van der Waals surface area contributed by atoms with E-state index in [1.165, 1.54) is 4.90 Å². The van der Waals surface area contributed by atoms with Crippen LogP contribution in [0.3, 0.4) is 0 Å². The standard InChI is InChI=1S/C32H47N3O5/c1-8-9-10-11-12-15-21-35(30(38)24(4)33-31(39)40-32(5,6)7)27(25-19-16-18-23(3)28(25)36)29(37)34-26-20-14-13-17-22(26)2/h13-14,16-20,24,27,36H,8-12,15,21H2,1-7H3,(H,33,39)(H,34,37). The molecule has 0 saturated heterocycles. The Morgan fingerprint density at radius 1 is 0.925 bits per heavy atom. The third-order valence-corrected chi connectivity index (χ3v) is 6.67. The van der Waals surface area contributed by atoms with E-state index >= 15 is 0 Å². The molecule has 220 valence electrons. The van der Waals surface area contributed by atoms with E-state index in [1.807, 2.05) is 25.1 Å². The predicted octanol–water partition coefficient (Wildman–Crippen LogP) is 6.79. The number of carbonyl (C=O) groups is 3. The number of aromatic hydroxyl groups is 1. The molecular formula is C32H47N3O5. The summed E-state index contributed by atoms with van der Waals surface area (Å²) in [5.74, 6) is -0.926. The molecule has 0 bridgehead atoms. The van der Waals surface area contributed by atoms with Gasteiger partial charge >= 0.3 is 6.09 Å². The number of aryl methyl sites for hydroxylation is 2. The van der Waals surface area contributed by atoms with Crippen molar-refractivity contribution >= 4 is 23.6 Å². The van der Waals surface area contributed by atoms with Crippen molar-refractivity contribution in [1.29, 1.82) is 0 Å². The largest absolute Gasteiger partial charge is 0.507 e. The van der Waals surface area contributed by atoms with Crippen LogP contribution in [0.2, 0.25) is 0 Å². The normalized spacial score (nSPS) is 12.8. The van der Waals surface area contributed by atoms with Crippen molar-refractivity contribution in [2.75, 3.05) is 11.9 Å². The molecular weight excluding hydrogens is 506 g/mol. The first-order valence-corrected chi connectivity index (χ1v) is 14.3. The number of nitrogens with zero attached hydrogens (tertiary/aromatic N) is 1. The minimum absolute atomic E-state index is 0.0408. The molecule has 2 unspecified atom stereocenters. The molecule has 0 aromatic heterocycles. The fourth-order valence-electron chi connectivity index (χ4n) is 4.49. The Labute approximate surface area is 239 Å². The molecule has 0 saturated carbocycles. The Morgan fingerprint density at radius 2 is 1.55 bits per heavy atom. The minimum Gasteiger partial charge on any atom is -0.507 e. The Balaban J connectivity index is 2.46. The summed E-state index contributed by atoms with van der Waals surface area (Å²) in [7, 11) is 0. The summed E-state index contributed by atoms with van der Waals surface area (Å²) in [4.78, 5) is 41.9. The van der Waals surface area contributed by atoms with Gasteiger partial charge in [0.15, 0.2) is 0 Å². The number of amides is 3. The SMILES string of the molecule is CCCCCCCCN(C(=O)C(C)NC(=O)OC(C)(C)C)C(C(=O)Nc1ccccc1C)c1cccc(C)c1O. The van der Waals surface area contributed by atoms with Gasteiger partial charge < -0.3 is 25.4 Å². The maximum Gasteiger partial charge on any atom is 0.408 e. The molecule has 8 nitrogen and oxygen atoms in total. The van der Waals surface area contributed by atoms with Crippen LogP contribution >= 0.6 is 0 Å². The zero-order chi connectivity index (χ0) is 29.9. The number of para-hydroxylation sites is 2. The zero-order valence-corrected chi connectivity index (χ0v) is 25.2. The van der Waals surface area contributed by atoms with Crippen LogP contribution in [-0.2, 0) is 14.3 Å². The first-order chi connectivity index (χ1) is 18.9. The molecule has 0 heterocycles. The molecule has 2 aromatic rings. The highest BCUT2D eigenvalue weighted by Crippen LogP contribution is 2.33. The van der Waals surface area contributed by atoms with Crippen molar-refractivity contribution < 1.29 is 24.2 Å². The molecule has 0 radical (unpaired) electrons. The molecule has 0 fully saturated rings. The molecule has 0 aliphatic rings. The van der Waals surface area contributed by atoms with Crippen molar-refractivity contribution in [1.82, 2.24) is 10.2 Å². The van der Waals surface area contributed by atoms with E-state index in [2.05, 4.69) is 17.6 Å². The van der Waals surface area contributed by atoms with E-state index < -0.39 is 35.6 Å². The van der Waals surface area contributed by atoms with Gasteiger partial charge in [-0.2, -0.15) is 0 Å². The second kappa shape index (κ2) is 15.3. The van der Waals surface area contributed by atoms with Crippen molar-refractivity contribution in [3.63, 3.8) is 0 Å². The number of rotatable bonds is 13. The van der Waals surface area contributed by atoms with Crippen molar-refractivity contribution in [2.24, 2.45) is 0 Å². The number of alkyl carbamates (subject to hydrolysis) is 1. The van der Waals surface area contributed by atoms with Gasteiger partial charge in [-0.3, -0.25) is 9.59 Å². The second-order valence-electron chi connectivity index (χ2n) is 11.4. The van der Waals surface area contributed by atoms with Gasteiger partial charge in [0.05, 0.1) is 0 Å². The fraction of sp³-hybridized carbons (Fsp3) is 0.531.